The van der Waals surface area contributed by atoms with Gasteiger partial charge >= 0.3 is 25.5 Å². The van der Waals surface area contributed by atoms with Gasteiger partial charge < -0.3 is 25.6 Å². The fraction of sp³-hybridized carbons (Fsp3) is 0.338. The first-order valence-electron chi connectivity index (χ1n) is 31.1. The van der Waals surface area contributed by atoms with Gasteiger partial charge in [-0.15, -0.1) is 0 Å². The molecule has 0 unspecified atom stereocenters. The number of benzene rings is 6. The molecule has 0 saturated heterocycles. The van der Waals surface area contributed by atoms with E-state index in [0.29, 0.717) is 50.7 Å². The summed E-state index contributed by atoms with van der Waals surface area (Å²) in [7, 11) is 3.90. The molecule has 26 heteroatoms. The van der Waals surface area contributed by atoms with Crippen LogP contribution in [-0.4, -0.2) is 137 Å². The first-order valence-corrected chi connectivity index (χ1v) is 32.6. The van der Waals surface area contributed by atoms with Crippen molar-refractivity contribution in [1.29, 1.82) is 5.26 Å². The fourth-order valence-corrected chi connectivity index (χ4v) is 9.98. The van der Waals surface area contributed by atoms with Crippen LogP contribution in [0.5, 0.6) is 0 Å². The van der Waals surface area contributed by atoms with Crippen LogP contribution in [0.15, 0.2) is 121 Å². The Bertz CT molecular complexity index is 3820. The molecule has 2 heterocycles. The van der Waals surface area contributed by atoms with E-state index in [4.69, 9.17) is 25.6 Å². The SMILES string of the molecule is CCOP(=O)(C#N)OCC.C[18F].C[18F].Cc1c(C)c(C)c(COC(=O)c2ccc([18F])cc2)c(C)c1C.Cc1c(C)c(C)c(COC(=O)c2ccc([N+](C)(C)C)cc2)c(C)c1C.NCCN1C(=O)C=CC1=O.O=C(NCCN1C(=O)C=CC1=O)c1ccc([18F])cc1.O=C(O)c1ccc([18F])cc1. The van der Waals surface area contributed by atoms with Crippen molar-refractivity contribution in [3.05, 3.63) is 228 Å². The van der Waals surface area contributed by atoms with Crippen molar-refractivity contribution in [2.24, 2.45) is 5.73 Å². The van der Waals surface area contributed by atoms with Crippen LogP contribution in [0.1, 0.15) is 122 Å². The number of hydrogen-bond acceptors (Lipinski definition) is 15. The zero-order valence-corrected chi connectivity index (χ0v) is 60.6. The molecule has 0 radical (unpaired) electrons. The Balaban J connectivity index is 0.000000616. The number of ether oxygens (including phenoxy) is 2. The Hall–Kier alpha value is -9.83. The van der Waals surface area contributed by atoms with Gasteiger partial charge in [0.25, 0.3) is 29.5 Å². The van der Waals surface area contributed by atoms with E-state index in [1.807, 2.05) is 24.3 Å². The van der Waals surface area contributed by atoms with Crippen molar-refractivity contribution in [1.82, 2.24) is 19.6 Å². The van der Waals surface area contributed by atoms with E-state index in [1.54, 1.807) is 13.8 Å². The van der Waals surface area contributed by atoms with Gasteiger partial charge in [-0.1, -0.05) is 0 Å². The monoisotopic (exact) mass is 1410 g/mol. The number of quaternary nitrogens is 1. The van der Waals surface area contributed by atoms with Crippen LogP contribution in [-0.2, 0) is 55.5 Å². The summed E-state index contributed by atoms with van der Waals surface area (Å²) in [4.78, 5) is 92.4. The molecule has 20 nitrogen and oxygen atoms in total. The Morgan fingerprint density at radius 1 is 0.500 bits per heavy atom. The number of hydrogen-bond donors (Lipinski definition) is 3. The minimum atomic E-state index is -3.39. The van der Waals surface area contributed by atoms with Crippen LogP contribution >= 0.6 is 7.60 Å². The van der Waals surface area contributed by atoms with E-state index in [1.165, 1.54) is 135 Å². The first-order chi connectivity index (χ1) is 47.1. The smallest absolute Gasteiger partial charge is 0.431 e. The number of imide groups is 2. The second-order valence-electron chi connectivity index (χ2n) is 22.5. The Morgan fingerprint density at radius 3 is 1.08 bits per heavy atom. The Kier molecular flexibility index (Phi) is 38.4. The predicted octanol–water partition coefficient (Wildman–Crippen LogP) is 13.3. The largest absolute Gasteiger partial charge is 0.478 e. The number of alkyl halides is 2. The number of amides is 5. The molecule has 2 aliphatic rings. The van der Waals surface area contributed by atoms with Crippen molar-refractivity contribution < 1.29 is 88.5 Å². The molecule has 540 valence electrons. The van der Waals surface area contributed by atoms with Crippen molar-refractivity contribution in [3.63, 3.8) is 0 Å². The van der Waals surface area contributed by atoms with Gasteiger partial charge in [0.05, 0.1) is 65.4 Å². The summed E-state index contributed by atoms with van der Waals surface area (Å²) < 4.78 is 88.6. The van der Waals surface area contributed by atoms with Gasteiger partial charge in [-0.05, 0) is 247 Å². The maximum Gasteiger partial charge on any atom is 0.431 e. The molecule has 5 amide bonds. The van der Waals surface area contributed by atoms with Crippen molar-refractivity contribution in [2.45, 2.75) is 96.3 Å². The number of nitriles is 1. The highest BCUT2D eigenvalue weighted by atomic mass is 31.2. The van der Waals surface area contributed by atoms with Crippen LogP contribution in [0.3, 0.4) is 0 Å². The fourth-order valence-electron chi connectivity index (χ4n) is 9.11. The number of carboxylic acids is 1. The van der Waals surface area contributed by atoms with Gasteiger partial charge in [0, 0.05) is 56.0 Å². The number of nitrogens with zero attached hydrogens (tertiary/aromatic N) is 4. The third-order valence-corrected chi connectivity index (χ3v) is 17.1. The summed E-state index contributed by atoms with van der Waals surface area (Å²) in [5, 5.41) is 19.2. The molecule has 4 N–H and O–H groups in total. The summed E-state index contributed by atoms with van der Waals surface area (Å²) in [5.41, 5.74) is 22.2. The quantitative estimate of drug-likeness (QED) is 0.0237. The van der Waals surface area contributed by atoms with Crippen molar-refractivity contribution >= 4 is 60.7 Å². The molecule has 0 bridgehead atoms. The van der Waals surface area contributed by atoms with Gasteiger partial charge in [0.2, 0.25) is 0 Å². The number of nitrogens with one attached hydrogen (secondary N) is 1. The zero-order valence-electron chi connectivity index (χ0n) is 59.7. The van der Waals surface area contributed by atoms with E-state index >= 15 is 0 Å². The average molecular weight is 1410 g/mol. The lowest BCUT2D eigenvalue weighted by atomic mass is 9.90. The van der Waals surface area contributed by atoms with Gasteiger partial charge in [-0.2, -0.15) is 5.26 Å². The molecule has 0 spiro atoms. The minimum absolute atomic E-state index is 0.0985. The first kappa shape index (κ1) is 88.2. The molecule has 100 heavy (non-hydrogen) atoms. The Labute approximate surface area is 582 Å². The van der Waals surface area contributed by atoms with Gasteiger partial charge in [0.1, 0.15) is 36.4 Å². The lowest BCUT2D eigenvalue weighted by Crippen LogP contribution is -2.38. The predicted molar refractivity (Wildman–Crippen MR) is 374 cm³/mol. The molecule has 0 aromatic heterocycles. The van der Waals surface area contributed by atoms with Crippen LogP contribution in [0.25, 0.3) is 0 Å². The van der Waals surface area contributed by atoms with Gasteiger partial charge in [0.15, 0.2) is 5.81 Å². The number of aromatic carboxylic acids is 1. The molecule has 8 rings (SSSR count). The molecule has 0 fully saturated rings. The van der Waals surface area contributed by atoms with E-state index in [2.05, 4.69) is 105 Å². The standard InChI is InChI=1S/C22H30NO2.C19H21FO2.C13H11FN2O3.C7H5FO2.C6H8N2O2.C5H10NO3P.2CH3F/c1-14-15(2)17(4)21(18(5)16(14)3)13-25-22(24)19-9-11-20(12-10-19)23(6,7)8;1-11-12(2)14(4)18(15(5)13(11)3)10-22-19(21)16-6-8-17(20)9-7-16;14-10-3-1-9(2-4-10)13(19)15-7-8-16-11(17)5-6-12(16)18;8-6-3-1-5(2-4-6)7(9)10;7-3-4-8-5(9)1-2-6(8)10;1-3-8-10(7,5-6)9-4-2;2*1-2/h9-12H,13H2,1-8H3;6-9H,10H2,1-5H3;1-6H,7-8H2,(H,15,19);1-4H,(H,9,10);1-2H,3-4,7H2;3-4H2,1-2H3;2*1H3/q+1;;;;;;;/i;20-1;14-1;8-1;;;2*2-1. The highest BCUT2D eigenvalue weighted by Gasteiger charge is 2.25. The van der Waals surface area contributed by atoms with E-state index in [9.17, 15) is 64.9 Å². The molecule has 6 aromatic carbocycles. The van der Waals surface area contributed by atoms with Gasteiger partial charge in [-0.25, -0.2) is 32.1 Å². The molecular weight excluding hydrogens is 1320 g/mol. The number of halogens is 5. The maximum absolute atomic E-state index is 12.9. The second-order valence-corrected chi connectivity index (χ2v) is 24.3. The highest BCUT2D eigenvalue weighted by Crippen LogP contribution is 2.46. The minimum Gasteiger partial charge on any atom is -0.478 e. The summed E-state index contributed by atoms with van der Waals surface area (Å²) in [6.45, 7) is 26.2. The Morgan fingerprint density at radius 2 is 0.790 bits per heavy atom. The molecule has 2 aliphatic heterocycles. The van der Waals surface area contributed by atoms with Crippen molar-refractivity contribution in [3.8, 4) is 5.81 Å². The van der Waals surface area contributed by atoms with Crippen molar-refractivity contribution in [2.75, 3.05) is 74.9 Å². The van der Waals surface area contributed by atoms with E-state index in [0.717, 1.165) is 54.4 Å². The summed E-state index contributed by atoms with van der Waals surface area (Å²) >= 11 is 0. The molecule has 0 atom stereocenters. The summed E-state index contributed by atoms with van der Waals surface area (Å²) in [6, 6.07) is 22.8. The highest BCUT2D eigenvalue weighted by molar-refractivity contribution is 7.59. The van der Waals surface area contributed by atoms with Crippen LogP contribution in [0.4, 0.5) is 27.6 Å². The van der Waals surface area contributed by atoms with Gasteiger partial charge in [-0.3, -0.25) is 56.1 Å². The lowest BCUT2D eigenvalue weighted by Gasteiger charge is -2.23. The van der Waals surface area contributed by atoms with E-state index in [-0.39, 0.29) is 79.8 Å². The normalized spacial score (nSPS) is 11.7. The number of carbonyl (C=O) groups excluding carboxylic acids is 7. The molecule has 0 aliphatic carbocycles. The maximum atomic E-state index is 12.9. The number of carboxylic acid groups (broad SMARTS) is 1. The second kappa shape index (κ2) is 43.5. The molecular formula is C74H91F5N6O14P+. The number of nitrogens with two attached hydrogens (primary N) is 1. The number of esters is 2. The average Bonchev–Trinajstić information content (AvgIpc) is 1.09. The summed E-state index contributed by atoms with van der Waals surface area (Å²) in [6.07, 6.45) is 4.87. The topological polar surface area (TPSA) is 279 Å². The molecule has 6 aromatic rings. The third-order valence-electron chi connectivity index (χ3n) is 15.7. The lowest BCUT2D eigenvalue weighted by molar-refractivity contribution is -0.138. The summed E-state index contributed by atoms with van der Waals surface area (Å²) in [5.74, 6) is -3.17. The van der Waals surface area contributed by atoms with E-state index < -0.39 is 31.2 Å². The zero-order chi connectivity index (χ0) is 76.4. The van der Waals surface area contributed by atoms with Crippen LogP contribution < -0.4 is 15.5 Å². The molecule has 0 saturated carbocycles. The number of carbonyl (C=O) groups is 8. The van der Waals surface area contributed by atoms with Crippen LogP contribution in [0, 0.1) is 97.8 Å². The third kappa shape index (κ3) is 27.5. The number of rotatable bonds is 18. The van der Waals surface area contributed by atoms with Crippen LogP contribution in [0.2, 0.25) is 0 Å².